The number of carbonyl (C=O) groups is 2. The molecular weight excluding hydrogens is 356 g/mol. The number of hydrogen-bond acceptors (Lipinski definition) is 4. The zero-order valence-corrected chi connectivity index (χ0v) is 16.1. The second-order valence-electron chi connectivity index (χ2n) is 6.42. The average molecular weight is 383 g/mol. The van der Waals surface area contributed by atoms with E-state index in [0.29, 0.717) is 30.1 Å². The average Bonchev–Trinajstić information content (AvgIpc) is 3.30. The van der Waals surface area contributed by atoms with Crippen molar-refractivity contribution in [1.82, 2.24) is 15.5 Å². The molecule has 2 N–H and O–H groups in total. The van der Waals surface area contributed by atoms with E-state index in [2.05, 4.69) is 17.6 Å². The molecule has 0 bridgehead atoms. The van der Waals surface area contributed by atoms with E-state index in [9.17, 15) is 9.59 Å². The molecule has 0 aliphatic carbocycles. The minimum absolute atomic E-state index is 0. The minimum atomic E-state index is -0.159. The maximum atomic E-state index is 13.1. The number of hydrogen-bond donors (Lipinski definition) is 2. The highest BCUT2D eigenvalue weighted by Crippen LogP contribution is 2.31. The molecule has 1 aromatic carbocycles. The number of ether oxygens (including phenoxy) is 1. The van der Waals surface area contributed by atoms with Crippen molar-refractivity contribution in [2.45, 2.75) is 25.8 Å². The standard InChI is InChI=1S/C18H26N4O3.ClH/c1-3-9-21(14-6-7-19-12-14)17(23)13-4-5-16(25-2)15(11-13)22-10-8-20-18(22)24;/h4-5,11,14,19H,3,6-10,12H2,1-2H3,(H,20,24);1H. The Morgan fingerprint density at radius 1 is 1.38 bits per heavy atom. The quantitative estimate of drug-likeness (QED) is 0.787. The molecule has 1 aromatic rings. The number of benzene rings is 1. The third-order valence-electron chi connectivity index (χ3n) is 4.77. The first kappa shape index (κ1) is 20.3. The Morgan fingerprint density at radius 2 is 2.19 bits per heavy atom. The molecule has 0 saturated carbocycles. The highest BCUT2D eigenvalue weighted by molar-refractivity contribution is 6.00. The topological polar surface area (TPSA) is 73.9 Å². The molecule has 2 aliphatic rings. The van der Waals surface area contributed by atoms with Gasteiger partial charge in [-0.15, -0.1) is 12.4 Å². The van der Waals surface area contributed by atoms with Crippen molar-refractivity contribution in [3.05, 3.63) is 23.8 Å². The molecule has 2 fully saturated rings. The fourth-order valence-corrected chi connectivity index (χ4v) is 3.50. The van der Waals surface area contributed by atoms with Crippen LogP contribution in [0.25, 0.3) is 0 Å². The summed E-state index contributed by atoms with van der Waals surface area (Å²) >= 11 is 0. The first-order valence-corrected chi connectivity index (χ1v) is 8.90. The van der Waals surface area contributed by atoms with Crippen LogP contribution < -0.4 is 20.3 Å². The van der Waals surface area contributed by atoms with Crippen LogP contribution in [0.5, 0.6) is 5.75 Å². The van der Waals surface area contributed by atoms with Crippen LogP contribution in [-0.4, -0.2) is 62.7 Å². The van der Waals surface area contributed by atoms with Gasteiger partial charge in [0.25, 0.3) is 5.91 Å². The number of carbonyl (C=O) groups excluding carboxylic acids is 2. The first-order valence-electron chi connectivity index (χ1n) is 8.90. The van der Waals surface area contributed by atoms with Gasteiger partial charge in [0.2, 0.25) is 0 Å². The molecule has 0 aromatic heterocycles. The van der Waals surface area contributed by atoms with E-state index in [4.69, 9.17) is 4.74 Å². The van der Waals surface area contributed by atoms with Gasteiger partial charge in [-0.1, -0.05) is 6.92 Å². The highest BCUT2D eigenvalue weighted by atomic mass is 35.5. The van der Waals surface area contributed by atoms with Crippen LogP contribution in [0.2, 0.25) is 0 Å². The van der Waals surface area contributed by atoms with Gasteiger partial charge < -0.3 is 20.3 Å². The van der Waals surface area contributed by atoms with Crippen LogP contribution >= 0.6 is 12.4 Å². The molecule has 144 valence electrons. The summed E-state index contributed by atoms with van der Waals surface area (Å²) in [4.78, 5) is 28.7. The van der Waals surface area contributed by atoms with Crippen LogP contribution in [0.4, 0.5) is 10.5 Å². The number of nitrogens with zero attached hydrogens (tertiary/aromatic N) is 2. The molecule has 2 saturated heterocycles. The molecule has 1 unspecified atom stereocenters. The van der Waals surface area contributed by atoms with Crippen LogP contribution in [0.3, 0.4) is 0 Å². The number of urea groups is 1. The normalized spacial score (nSPS) is 19.1. The summed E-state index contributed by atoms with van der Waals surface area (Å²) in [5.74, 6) is 0.609. The molecule has 0 spiro atoms. The summed E-state index contributed by atoms with van der Waals surface area (Å²) in [6.07, 6.45) is 1.89. The summed E-state index contributed by atoms with van der Waals surface area (Å²) in [5, 5.41) is 6.11. The van der Waals surface area contributed by atoms with Crippen molar-refractivity contribution in [1.29, 1.82) is 0 Å². The predicted molar refractivity (Wildman–Crippen MR) is 104 cm³/mol. The van der Waals surface area contributed by atoms with E-state index < -0.39 is 0 Å². The van der Waals surface area contributed by atoms with Crippen LogP contribution in [-0.2, 0) is 0 Å². The lowest BCUT2D eigenvalue weighted by atomic mass is 10.1. The highest BCUT2D eigenvalue weighted by Gasteiger charge is 2.29. The van der Waals surface area contributed by atoms with Gasteiger partial charge in [0, 0.05) is 37.8 Å². The minimum Gasteiger partial charge on any atom is -0.495 e. The van der Waals surface area contributed by atoms with Crippen molar-refractivity contribution >= 4 is 30.0 Å². The number of rotatable bonds is 6. The fraction of sp³-hybridized carbons (Fsp3) is 0.556. The smallest absolute Gasteiger partial charge is 0.322 e. The van der Waals surface area contributed by atoms with Crippen molar-refractivity contribution in [2.24, 2.45) is 0 Å². The fourth-order valence-electron chi connectivity index (χ4n) is 3.50. The Kier molecular flexibility index (Phi) is 7.11. The van der Waals surface area contributed by atoms with Crippen LogP contribution in [0.15, 0.2) is 18.2 Å². The summed E-state index contributed by atoms with van der Waals surface area (Å²) in [7, 11) is 1.57. The maximum absolute atomic E-state index is 13.1. The van der Waals surface area contributed by atoms with E-state index in [1.54, 1.807) is 30.2 Å². The predicted octanol–water partition coefficient (Wildman–Crippen LogP) is 1.86. The third kappa shape index (κ3) is 4.04. The molecule has 3 amide bonds. The number of nitrogens with one attached hydrogen (secondary N) is 2. The molecule has 2 aliphatic heterocycles. The molecule has 1 atom stereocenters. The van der Waals surface area contributed by atoms with Gasteiger partial charge >= 0.3 is 6.03 Å². The largest absolute Gasteiger partial charge is 0.495 e. The van der Waals surface area contributed by atoms with E-state index in [1.807, 2.05) is 4.90 Å². The lowest BCUT2D eigenvalue weighted by Gasteiger charge is -2.29. The zero-order chi connectivity index (χ0) is 17.8. The van der Waals surface area contributed by atoms with E-state index in [0.717, 1.165) is 32.5 Å². The lowest BCUT2D eigenvalue weighted by Crippen LogP contribution is -2.42. The monoisotopic (exact) mass is 382 g/mol. The Labute approximate surface area is 160 Å². The molecule has 3 rings (SSSR count). The molecule has 7 nitrogen and oxygen atoms in total. The van der Waals surface area contributed by atoms with Gasteiger partial charge in [-0.2, -0.15) is 0 Å². The number of methoxy groups -OCH3 is 1. The SMILES string of the molecule is CCCN(C(=O)c1ccc(OC)c(N2CCNC2=O)c1)C1CCNC1.Cl. The van der Waals surface area contributed by atoms with Crippen LogP contribution in [0.1, 0.15) is 30.1 Å². The van der Waals surface area contributed by atoms with Crippen molar-refractivity contribution < 1.29 is 14.3 Å². The van der Waals surface area contributed by atoms with Gasteiger partial charge in [-0.25, -0.2) is 4.79 Å². The Morgan fingerprint density at radius 3 is 2.77 bits per heavy atom. The molecule has 8 heteroatoms. The van der Waals surface area contributed by atoms with E-state index >= 15 is 0 Å². The van der Waals surface area contributed by atoms with Gasteiger partial charge in [0.15, 0.2) is 0 Å². The number of anilines is 1. The van der Waals surface area contributed by atoms with E-state index in [1.165, 1.54) is 0 Å². The van der Waals surface area contributed by atoms with E-state index in [-0.39, 0.29) is 30.4 Å². The van der Waals surface area contributed by atoms with Gasteiger partial charge in [0.1, 0.15) is 5.75 Å². The summed E-state index contributed by atoms with van der Waals surface area (Å²) in [6.45, 7) is 5.75. The van der Waals surface area contributed by atoms with Crippen molar-refractivity contribution in [3.63, 3.8) is 0 Å². The van der Waals surface area contributed by atoms with Crippen LogP contribution in [0, 0.1) is 0 Å². The molecule has 0 radical (unpaired) electrons. The first-order chi connectivity index (χ1) is 12.2. The summed E-state index contributed by atoms with van der Waals surface area (Å²) < 4.78 is 5.39. The van der Waals surface area contributed by atoms with Gasteiger partial charge in [-0.3, -0.25) is 9.69 Å². The van der Waals surface area contributed by atoms with Crippen molar-refractivity contribution in [3.8, 4) is 5.75 Å². The molecular formula is C18H27ClN4O3. The third-order valence-corrected chi connectivity index (χ3v) is 4.77. The molecule has 26 heavy (non-hydrogen) atoms. The number of halogens is 1. The zero-order valence-electron chi connectivity index (χ0n) is 15.3. The summed E-state index contributed by atoms with van der Waals surface area (Å²) in [5.41, 5.74) is 1.24. The maximum Gasteiger partial charge on any atom is 0.322 e. The Balaban J connectivity index is 0.00000243. The second kappa shape index (κ2) is 9.09. The Hall–Kier alpha value is -1.99. The van der Waals surface area contributed by atoms with Crippen molar-refractivity contribution in [2.75, 3.05) is 44.7 Å². The summed E-state index contributed by atoms with van der Waals surface area (Å²) in [6, 6.07) is 5.40. The molecule has 2 heterocycles. The second-order valence-corrected chi connectivity index (χ2v) is 6.42. The lowest BCUT2D eigenvalue weighted by molar-refractivity contribution is 0.0692. The number of amides is 3. The van der Waals surface area contributed by atoms with Gasteiger partial charge in [0.05, 0.1) is 12.8 Å². The Bertz CT molecular complexity index is 649. The van der Waals surface area contributed by atoms with Gasteiger partial charge in [-0.05, 0) is 37.6 Å².